The Bertz CT molecular complexity index is 589. The Morgan fingerprint density at radius 3 is 2.83 bits per heavy atom. The van der Waals surface area contributed by atoms with Crippen LogP contribution in [0.15, 0.2) is 28.9 Å². The van der Waals surface area contributed by atoms with Crippen molar-refractivity contribution >= 4 is 32.8 Å². The van der Waals surface area contributed by atoms with E-state index in [1.165, 1.54) is 0 Å². The van der Waals surface area contributed by atoms with Crippen molar-refractivity contribution in [2.45, 2.75) is 26.8 Å². The molecule has 1 atom stereocenters. The van der Waals surface area contributed by atoms with E-state index in [4.69, 9.17) is 5.11 Å². The summed E-state index contributed by atoms with van der Waals surface area (Å²) in [5.41, 5.74) is 2.25. The number of para-hydroxylation sites is 1. The lowest BCUT2D eigenvalue weighted by Crippen LogP contribution is -2.11. The first-order chi connectivity index (χ1) is 8.54. The molecule has 2 rings (SSSR count). The van der Waals surface area contributed by atoms with E-state index < -0.39 is 5.97 Å². The summed E-state index contributed by atoms with van der Waals surface area (Å²) in [6.07, 6.45) is 2.63. The van der Waals surface area contributed by atoms with E-state index in [-0.39, 0.29) is 5.92 Å². The highest BCUT2D eigenvalue weighted by Gasteiger charge is 2.16. The number of benzene rings is 1. The molecule has 18 heavy (non-hydrogen) atoms. The maximum absolute atomic E-state index is 11.0. The fraction of sp³-hybridized carbons (Fsp3) is 0.357. The van der Waals surface area contributed by atoms with Crippen molar-refractivity contribution in [1.29, 1.82) is 0 Å². The van der Waals surface area contributed by atoms with Crippen molar-refractivity contribution < 1.29 is 9.90 Å². The third-order valence-electron chi connectivity index (χ3n) is 3.22. The lowest BCUT2D eigenvalue weighted by molar-refractivity contribution is -0.141. The number of aromatic nitrogens is 1. The van der Waals surface area contributed by atoms with Crippen LogP contribution in [0.5, 0.6) is 0 Å². The first-order valence-corrected chi connectivity index (χ1v) is 6.83. The lowest BCUT2D eigenvalue weighted by Gasteiger charge is -2.04. The van der Waals surface area contributed by atoms with Gasteiger partial charge < -0.3 is 9.67 Å². The van der Waals surface area contributed by atoms with Crippen molar-refractivity contribution in [3.05, 3.63) is 34.4 Å². The third kappa shape index (κ3) is 2.29. The average Bonchev–Trinajstić information content (AvgIpc) is 2.69. The van der Waals surface area contributed by atoms with Crippen LogP contribution in [-0.4, -0.2) is 15.6 Å². The summed E-state index contributed by atoms with van der Waals surface area (Å²) < 4.78 is 3.21. The fourth-order valence-corrected chi connectivity index (χ4v) is 2.81. The number of fused-ring (bicyclic) bond motifs is 1. The van der Waals surface area contributed by atoms with Gasteiger partial charge in [0.25, 0.3) is 0 Å². The second-order valence-electron chi connectivity index (χ2n) is 4.52. The fourth-order valence-electron chi connectivity index (χ4n) is 2.22. The minimum atomic E-state index is -0.748. The van der Waals surface area contributed by atoms with Gasteiger partial charge in [0, 0.05) is 22.6 Å². The van der Waals surface area contributed by atoms with Crippen LogP contribution in [0.4, 0.5) is 0 Å². The number of aryl methyl sites for hydroxylation is 1. The minimum absolute atomic E-state index is 0.361. The SMILES string of the molecule is CCn1cc(CC(C)C(=O)O)c2cccc(Br)c21. The molecule has 1 N–H and O–H groups in total. The molecule has 0 aliphatic rings. The van der Waals surface area contributed by atoms with Crippen molar-refractivity contribution in [3.8, 4) is 0 Å². The second-order valence-corrected chi connectivity index (χ2v) is 5.37. The summed E-state index contributed by atoms with van der Waals surface area (Å²) in [6.45, 7) is 4.71. The largest absolute Gasteiger partial charge is 0.481 e. The predicted molar refractivity (Wildman–Crippen MR) is 75.8 cm³/mol. The van der Waals surface area contributed by atoms with Gasteiger partial charge in [-0.05, 0) is 40.9 Å². The van der Waals surface area contributed by atoms with Gasteiger partial charge in [0.15, 0.2) is 0 Å². The summed E-state index contributed by atoms with van der Waals surface area (Å²) in [4.78, 5) is 11.0. The quantitative estimate of drug-likeness (QED) is 0.936. The van der Waals surface area contributed by atoms with E-state index in [1.807, 2.05) is 12.1 Å². The molecule has 1 aromatic carbocycles. The number of rotatable bonds is 4. The highest BCUT2D eigenvalue weighted by molar-refractivity contribution is 9.10. The molecule has 0 saturated carbocycles. The Balaban J connectivity index is 2.52. The van der Waals surface area contributed by atoms with E-state index in [0.717, 1.165) is 27.5 Å². The highest BCUT2D eigenvalue weighted by Crippen LogP contribution is 2.29. The van der Waals surface area contributed by atoms with Gasteiger partial charge in [-0.3, -0.25) is 4.79 Å². The van der Waals surface area contributed by atoms with Gasteiger partial charge in [-0.1, -0.05) is 19.1 Å². The molecule has 0 radical (unpaired) electrons. The molecule has 1 unspecified atom stereocenters. The van der Waals surface area contributed by atoms with Crippen molar-refractivity contribution in [3.63, 3.8) is 0 Å². The molecule has 4 heteroatoms. The zero-order valence-electron chi connectivity index (χ0n) is 10.5. The Hall–Kier alpha value is -1.29. The molecule has 3 nitrogen and oxygen atoms in total. The normalized spacial score (nSPS) is 12.8. The maximum atomic E-state index is 11.0. The van der Waals surface area contributed by atoms with E-state index in [0.29, 0.717) is 6.42 Å². The van der Waals surface area contributed by atoms with Gasteiger partial charge in [0.1, 0.15) is 0 Å². The van der Waals surface area contributed by atoms with E-state index >= 15 is 0 Å². The number of carbonyl (C=O) groups is 1. The molecule has 1 aromatic heterocycles. The predicted octanol–water partition coefficient (Wildman–Crippen LogP) is 3.69. The Morgan fingerprint density at radius 1 is 1.50 bits per heavy atom. The minimum Gasteiger partial charge on any atom is -0.481 e. The van der Waals surface area contributed by atoms with Crippen molar-refractivity contribution in [2.24, 2.45) is 5.92 Å². The van der Waals surface area contributed by atoms with Crippen LogP contribution in [-0.2, 0) is 17.8 Å². The highest BCUT2D eigenvalue weighted by atomic mass is 79.9. The lowest BCUT2D eigenvalue weighted by atomic mass is 10.0. The number of hydrogen-bond donors (Lipinski definition) is 1. The molecule has 0 aliphatic heterocycles. The zero-order valence-corrected chi connectivity index (χ0v) is 12.1. The first-order valence-electron chi connectivity index (χ1n) is 6.03. The maximum Gasteiger partial charge on any atom is 0.306 e. The molecule has 96 valence electrons. The molecule has 0 aliphatic carbocycles. The molecule has 0 bridgehead atoms. The van der Waals surface area contributed by atoms with Crippen molar-refractivity contribution in [1.82, 2.24) is 4.57 Å². The van der Waals surface area contributed by atoms with Gasteiger partial charge in [-0.15, -0.1) is 0 Å². The summed E-state index contributed by atoms with van der Waals surface area (Å²) in [7, 11) is 0. The molecule has 0 saturated heterocycles. The van der Waals surface area contributed by atoms with Gasteiger partial charge in [0.05, 0.1) is 11.4 Å². The van der Waals surface area contributed by atoms with Gasteiger partial charge in [-0.25, -0.2) is 0 Å². The van der Waals surface area contributed by atoms with Crippen LogP contribution in [0.1, 0.15) is 19.4 Å². The van der Waals surface area contributed by atoms with Gasteiger partial charge in [0.2, 0.25) is 0 Å². The molecule has 0 amide bonds. The number of nitrogens with zero attached hydrogens (tertiary/aromatic N) is 1. The monoisotopic (exact) mass is 309 g/mol. The third-order valence-corrected chi connectivity index (χ3v) is 3.86. The van der Waals surface area contributed by atoms with Crippen LogP contribution in [0, 0.1) is 5.92 Å². The Morgan fingerprint density at radius 2 is 2.22 bits per heavy atom. The number of hydrogen-bond acceptors (Lipinski definition) is 1. The number of halogens is 1. The van der Waals surface area contributed by atoms with Crippen LogP contribution in [0.25, 0.3) is 10.9 Å². The number of carboxylic acids is 1. The molecule has 0 spiro atoms. The Labute approximate surface area is 115 Å². The average molecular weight is 310 g/mol. The van der Waals surface area contributed by atoms with E-state index in [1.54, 1.807) is 6.92 Å². The van der Waals surface area contributed by atoms with Crippen LogP contribution in [0.2, 0.25) is 0 Å². The molecular weight excluding hydrogens is 294 g/mol. The first kappa shape index (κ1) is 13.1. The van der Waals surface area contributed by atoms with E-state index in [9.17, 15) is 4.79 Å². The van der Waals surface area contributed by atoms with Crippen LogP contribution < -0.4 is 0 Å². The molecule has 2 aromatic rings. The smallest absolute Gasteiger partial charge is 0.306 e. The zero-order chi connectivity index (χ0) is 13.3. The Kier molecular flexibility index (Phi) is 3.76. The number of aliphatic carboxylic acids is 1. The van der Waals surface area contributed by atoms with Crippen LogP contribution >= 0.6 is 15.9 Å². The standard InChI is InChI=1S/C14H16BrNO2/c1-3-16-8-10(7-9(2)14(17)18)11-5-4-6-12(15)13(11)16/h4-6,8-9H,3,7H2,1-2H3,(H,17,18). The van der Waals surface area contributed by atoms with Crippen molar-refractivity contribution in [2.75, 3.05) is 0 Å². The second kappa shape index (κ2) is 5.14. The number of carboxylic acid groups (broad SMARTS) is 1. The summed E-state index contributed by atoms with van der Waals surface area (Å²) in [5, 5.41) is 10.2. The molecule has 1 heterocycles. The topological polar surface area (TPSA) is 42.2 Å². The van der Waals surface area contributed by atoms with Gasteiger partial charge >= 0.3 is 5.97 Å². The summed E-state index contributed by atoms with van der Waals surface area (Å²) in [6, 6.07) is 6.05. The van der Waals surface area contributed by atoms with Crippen LogP contribution in [0.3, 0.4) is 0 Å². The van der Waals surface area contributed by atoms with E-state index in [2.05, 4.69) is 39.7 Å². The van der Waals surface area contributed by atoms with Gasteiger partial charge in [-0.2, -0.15) is 0 Å². The summed E-state index contributed by atoms with van der Waals surface area (Å²) >= 11 is 3.56. The summed E-state index contributed by atoms with van der Waals surface area (Å²) in [5.74, 6) is -1.11. The molecular formula is C14H16BrNO2. The molecule has 0 fully saturated rings.